The van der Waals surface area contributed by atoms with Gasteiger partial charge in [-0.25, -0.2) is 8.42 Å². The predicted molar refractivity (Wildman–Crippen MR) is 92.6 cm³/mol. The van der Waals surface area contributed by atoms with Crippen molar-refractivity contribution in [2.45, 2.75) is 61.1 Å². The first-order chi connectivity index (χ1) is 11.8. The lowest BCUT2D eigenvalue weighted by Gasteiger charge is -2.21. The molecule has 1 unspecified atom stereocenters. The van der Waals surface area contributed by atoms with E-state index in [0.717, 1.165) is 6.42 Å². The summed E-state index contributed by atoms with van der Waals surface area (Å²) in [4.78, 5) is 11.8. The molecule has 0 radical (unpaired) electrons. The minimum Gasteiger partial charge on any atom is -0.458 e. The van der Waals surface area contributed by atoms with Crippen LogP contribution in [0.2, 0.25) is 0 Å². The maximum Gasteiger partial charge on any atom is 0.307 e. The quantitative estimate of drug-likeness (QED) is 0.411. The Balaban J connectivity index is 2.08. The number of esters is 1. The molecule has 1 heterocycles. The fourth-order valence-corrected chi connectivity index (χ4v) is 4.60. The van der Waals surface area contributed by atoms with Gasteiger partial charge in [-0.15, -0.1) is 0 Å². The zero-order chi connectivity index (χ0) is 18.4. The summed E-state index contributed by atoms with van der Waals surface area (Å²) < 4.78 is 30.6. The normalized spacial score (nSPS) is 23.6. The number of carbonyl (C=O) groups excluding carboxylic acids is 1. The predicted octanol–water partition coefficient (Wildman–Crippen LogP) is 1.61. The third-order valence-electron chi connectivity index (χ3n) is 4.13. The molecule has 25 heavy (non-hydrogen) atoms. The van der Waals surface area contributed by atoms with Crippen LogP contribution in [0.15, 0.2) is 47.4 Å². The van der Waals surface area contributed by atoms with Gasteiger partial charge in [-0.3, -0.25) is 4.79 Å². The molecule has 2 N–H and O–H groups in total. The van der Waals surface area contributed by atoms with Gasteiger partial charge in [0.05, 0.1) is 17.4 Å². The first-order valence-electron chi connectivity index (χ1n) is 8.33. The van der Waals surface area contributed by atoms with E-state index in [0.29, 0.717) is 12.8 Å². The third-order valence-corrected chi connectivity index (χ3v) is 6.30. The minimum atomic E-state index is -3.79. The Kier molecular flexibility index (Phi) is 6.75. The number of ether oxygens (including phenoxy) is 1. The average Bonchev–Trinajstić information content (AvgIpc) is 2.98. The molecular formula is C18H24O6S. The number of hydrogen-bond donors (Lipinski definition) is 2. The van der Waals surface area contributed by atoms with Crippen molar-refractivity contribution in [3.63, 3.8) is 0 Å². The first-order valence-corrected chi connectivity index (χ1v) is 9.88. The maximum atomic E-state index is 12.8. The van der Waals surface area contributed by atoms with Crippen molar-refractivity contribution in [3.8, 4) is 0 Å². The van der Waals surface area contributed by atoms with Gasteiger partial charge in [-0.1, -0.05) is 30.4 Å². The molecule has 0 aliphatic carbocycles. The maximum absolute atomic E-state index is 12.8. The van der Waals surface area contributed by atoms with Crippen LogP contribution < -0.4 is 0 Å². The number of unbranched alkanes of at least 4 members (excludes halogenated alkanes) is 1. The molecule has 7 heteroatoms. The van der Waals surface area contributed by atoms with Crippen LogP contribution in [0.4, 0.5) is 0 Å². The average molecular weight is 368 g/mol. The first kappa shape index (κ1) is 19.6. The van der Waals surface area contributed by atoms with Crippen molar-refractivity contribution in [1.82, 2.24) is 0 Å². The number of carbonyl (C=O) groups is 1. The van der Waals surface area contributed by atoms with Gasteiger partial charge in [-0.2, -0.15) is 0 Å². The smallest absolute Gasteiger partial charge is 0.307 e. The number of aliphatic hydroxyl groups is 2. The molecular weight excluding hydrogens is 344 g/mol. The molecule has 0 saturated carbocycles. The molecule has 1 aromatic rings. The Bertz CT molecular complexity index is 696. The monoisotopic (exact) mass is 368 g/mol. The summed E-state index contributed by atoms with van der Waals surface area (Å²) in [5.41, 5.74) is 0. The number of rotatable bonds is 8. The summed E-state index contributed by atoms with van der Waals surface area (Å²) in [7, 11) is -3.79. The molecule has 0 spiro atoms. The van der Waals surface area contributed by atoms with E-state index in [1.54, 1.807) is 31.2 Å². The fourth-order valence-electron chi connectivity index (χ4n) is 2.79. The fraction of sp³-hybridized carbons (Fsp3) is 0.500. The third kappa shape index (κ3) is 5.14. The molecule has 2 rings (SSSR count). The Hall–Kier alpha value is -1.70. The molecule has 138 valence electrons. The Morgan fingerprint density at radius 3 is 2.60 bits per heavy atom. The van der Waals surface area contributed by atoms with Crippen LogP contribution in [0.3, 0.4) is 0 Å². The van der Waals surface area contributed by atoms with Crippen molar-refractivity contribution in [2.75, 3.05) is 0 Å². The second kappa shape index (κ2) is 8.60. The van der Waals surface area contributed by atoms with Crippen LogP contribution in [0.5, 0.6) is 0 Å². The summed E-state index contributed by atoms with van der Waals surface area (Å²) >= 11 is 0. The molecule has 1 fully saturated rings. The van der Waals surface area contributed by atoms with Crippen molar-refractivity contribution in [1.29, 1.82) is 0 Å². The number of benzene rings is 1. The highest BCUT2D eigenvalue weighted by Crippen LogP contribution is 2.30. The molecule has 1 saturated heterocycles. The summed E-state index contributed by atoms with van der Waals surface area (Å²) in [5, 5.41) is 18.4. The Labute approximate surface area is 148 Å². The molecule has 0 amide bonds. The van der Waals surface area contributed by atoms with E-state index < -0.39 is 33.3 Å². The zero-order valence-corrected chi connectivity index (χ0v) is 14.9. The van der Waals surface area contributed by atoms with Gasteiger partial charge in [0.25, 0.3) is 0 Å². The van der Waals surface area contributed by atoms with Crippen LogP contribution in [0.1, 0.15) is 32.6 Å². The zero-order valence-electron chi connectivity index (χ0n) is 14.1. The lowest BCUT2D eigenvalue weighted by atomic mass is 10.1. The minimum absolute atomic E-state index is 0.108. The Morgan fingerprint density at radius 2 is 1.96 bits per heavy atom. The summed E-state index contributed by atoms with van der Waals surface area (Å²) in [6, 6.07) is 7.86. The molecule has 6 nitrogen and oxygen atoms in total. The van der Waals surface area contributed by atoms with Crippen molar-refractivity contribution < 1.29 is 28.2 Å². The molecule has 1 aliphatic heterocycles. The number of aliphatic hydroxyl groups excluding tert-OH is 2. The van der Waals surface area contributed by atoms with Gasteiger partial charge >= 0.3 is 5.97 Å². The van der Waals surface area contributed by atoms with E-state index in [9.17, 15) is 23.4 Å². The van der Waals surface area contributed by atoms with Gasteiger partial charge in [0.1, 0.15) is 17.5 Å². The van der Waals surface area contributed by atoms with E-state index in [4.69, 9.17) is 4.74 Å². The van der Waals surface area contributed by atoms with Gasteiger partial charge in [-0.05, 0) is 38.3 Å². The molecule has 1 aromatic carbocycles. The SMILES string of the molecule is C[C@@H](O)CCC/C=C/[C@H](O)[C@H]1OC(=O)CC1S(=O)(=O)c1ccccc1. The van der Waals surface area contributed by atoms with Crippen LogP contribution in [0, 0.1) is 0 Å². The lowest BCUT2D eigenvalue weighted by Crippen LogP contribution is -2.38. The van der Waals surface area contributed by atoms with Crippen LogP contribution in [-0.2, 0) is 19.4 Å². The largest absolute Gasteiger partial charge is 0.458 e. The second-order valence-electron chi connectivity index (χ2n) is 6.25. The van der Waals surface area contributed by atoms with Gasteiger partial charge < -0.3 is 14.9 Å². The number of hydrogen-bond acceptors (Lipinski definition) is 6. The molecule has 4 atom stereocenters. The van der Waals surface area contributed by atoms with E-state index in [1.807, 2.05) is 0 Å². The van der Waals surface area contributed by atoms with Gasteiger partial charge in [0.2, 0.25) is 0 Å². The molecule has 0 aromatic heterocycles. The van der Waals surface area contributed by atoms with Gasteiger partial charge in [0.15, 0.2) is 9.84 Å². The van der Waals surface area contributed by atoms with Crippen LogP contribution in [0.25, 0.3) is 0 Å². The second-order valence-corrected chi connectivity index (χ2v) is 8.42. The van der Waals surface area contributed by atoms with E-state index in [-0.39, 0.29) is 17.4 Å². The highest BCUT2D eigenvalue weighted by Gasteiger charge is 2.46. The summed E-state index contributed by atoms with van der Waals surface area (Å²) in [5.74, 6) is -0.629. The van der Waals surface area contributed by atoms with E-state index >= 15 is 0 Å². The topological polar surface area (TPSA) is 101 Å². The molecule has 1 aliphatic rings. The standard InChI is InChI=1S/C18H24O6S/c1-13(19)8-4-2-7-11-15(20)18-16(12-17(21)24-18)25(22,23)14-9-5-3-6-10-14/h3,5-7,9-11,13,15-16,18-20H,2,4,8,12H2,1H3/b11-7+/t13-,15+,16?,18-/m1/s1. The van der Waals surface area contributed by atoms with Gasteiger partial charge in [0, 0.05) is 0 Å². The molecule has 0 bridgehead atoms. The number of allylic oxidation sites excluding steroid dienone is 1. The summed E-state index contributed by atoms with van der Waals surface area (Å²) in [6.07, 6.45) is 2.24. The highest BCUT2D eigenvalue weighted by molar-refractivity contribution is 7.92. The van der Waals surface area contributed by atoms with E-state index in [2.05, 4.69) is 0 Å². The summed E-state index contributed by atoms with van der Waals surface area (Å²) in [6.45, 7) is 1.70. The Morgan fingerprint density at radius 1 is 1.28 bits per heavy atom. The van der Waals surface area contributed by atoms with Crippen LogP contribution >= 0.6 is 0 Å². The highest BCUT2D eigenvalue weighted by atomic mass is 32.2. The van der Waals surface area contributed by atoms with Crippen molar-refractivity contribution >= 4 is 15.8 Å². The number of cyclic esters (lactones) is 1. The lowest BCUT2D eigenvalue weighted by molar-refractivity contribution is -0.144. The van der Waals surface area contributed by atoms with Crippen LogP contribution in [-0.4, -0.2) is 48.2 Å². The van der Waals surface area contributed by atoms with Crippen molar-refractivity contribution in [2.24, 2.45) is 0 Å². The van der Waals surface area contributed by atoms with Crippen molar-refractivity contribution in [3.05, 3.63) is 42.5 Å². The van der Waals surface area contributed by atoms with E-state index in [1.165, 1.54) is 18.2 Å². The number of sulfone groups is 1.